The van der Waals surface area contributed by atoms with Crippen LogP contribution in [0.3, 0.4) is 0 Å². The number of halogens is 1. The molecule has 1 unspecified atom stereocenters. The molecular weight excluding hydrogens is 304 g/mol. The standard InChI is InChI=1S/C17H17ClO2S/c1-12-3-8-16(13(2)9-12)17(19)11-21(20)10-14-4-6-15(18)7-5-14/h3-9H,10-11H2,1-2H3. The topological polar surface area (TPSA) is 34.1 Å². The third-order valence-electron chi connectivity index (χ3n) is 3.22. The Morgan fingerprint density at radius 2 is 1.76 bits per heavy atom. The van der Waals surface area contributed by atoms with Gasteiger partial charge in [-0.3, -0.25) is 9.00 Å². The number of carbonyl (C=O) groups excluding carboxylic acids is 1. The second-order valence-corrected chi connectivity index (χ2v) is 6.99. The van der Waals surface area contributed by atoms with Crippen LogP contribution < -0.4 is 0 Å². The van der Waals surface area contributed by atoms with E-state index in [4.69, 9.17) is 11.6 Å². The first-order valence-corrected chi connectivity index (χ1v) is 8.52. The van der Waals surface area contributed by atoms with Crippen LogP contribution in [-0.2, 0) is 16.6 Å². The molecule has 0 amide bonds. The molecule has 0 saturated carbocycles. The van der Waals surface area contributed by atoms with E-state index in [2.05, 4.69) is 0 Å². The van der Waals surface area contributed by atoms with Crippen molar-refractivity contribution in [2.75, 3.05) is 5.75 Å². The van der Waals surface area contributed by atoms with E-state index in [0.717, 1.165) is 16.7 Å². The van der Waals surface area contributed by atoms with Gasteiger partial charge in [0, 0.05) is 27.1 Å². The first kappa shape index (κ1) is 15.9. The third-order valence-corrected chi connectivity index (χ3v) is 4.71. The zero-order chi connectivity index (χ0) is 15.4. The van der Waals surface area contributed by atoms with E-state index < -0.39 is 10.8 Å². The molecule has 0 radical (unpaired) electrons. The first-order chi connectivity index (χ1) is 9.95. The van der Waals surface area contributed by atoms with Crippen molar-refractivity contribution in [3.8, 4) is 0 Å². The van der Waals surface area contributed by atoms with Crippen LogP contribution in [0.2, 0.25) is 5.02 Å². The van der Waals surface area contributed by atoms with Gasteiger partial charge in [-0.25, -0.2) is 0 Å². The predicted octanol–water partition coefficient (Wildman–Crippen LogP) is 4.09. The molecule has 0 fully saturated rings. The van der Waals surface area contributed by atoms with Crippen molar-refractivity contribution >= 4 is 28.2 Å². The number of benzene rings is 2. The lowest BCUT2D eigenvalue weighted by Gasteiger charge is -2.06. The van der Waals surface area contributed by atoms with Crippen LogP contribution in [0.25, 0.3) is 0 Å². The lowest BCUT2D eigenvalue weighted by Crippen LogP contribution is -2.13. The third kappa shape index (κ3) is 4.51. The van der Waals surface area contributed by atoms with E-state index in [1.807, 2.05) is 44.2 Å². The van der Waals surface area contributed by atoms with Gasteiger partial charge < -0.3 is 0 Å². The molecule has 0 aliphatic carbocycles. The average molecular weight is 321 g/mol. The Kier molecular flexibility index (Phi) is 5.32. The second-order valence-electron chi connectivity index (χ2n) is 5.10. The zero-order valence-electron chi connectivity index (χ0n) is 12.1. The molecule has 0 bridgehead atoms. The molecular formula is C17H17ClO2S. The molecule has 0 N–H and O–H groups in total. The highest BCUT2D eigenvalue weighted by Crippen LogP contribution is 2.14. The van der Waals surface area contributed by atoms with E-state index in [1.165, 1.54) is 0 Å². The number of Topliss-reactive ketones (excluding diaryl/α,β-unsaturated/α-hetero) is 1. The Labute approximate surface area is 132 Å². The maximum absolute atomic E-state index is 12.2. The van der Waals surface area contributed by atoms with Crippen LogP contribution in [0.1, 0.15) is 27.0 Å². The molecule has 2 nitrogen and oxygen atoms in total. The fourth-order valence-corrected chi connectivity index (χ4v) is 3.41. The fraction of sp³-hybridized carbons (Fsp3) is 0.235. The minimum absolute atomic E-state index is 0.0481. The number of aryl methyl sites for hydroxylation is 2. The van der Waals surface area contributed by atoms with Crippen molar-refractivity contribution in [1.29, 1.82) is 0 Å². The Morgan fingerprint density at radius 3 is 2.38 bits per heavy atom. The number of rotatable bonds is 5. The van der Waals surface area contributed by atoms with Gasteiger partial charge in [-0.1, -0.05) is 47.5 Å². The van der Waals surface area contributed by atoms with Gasteiger partial charge in [-0.05, 0) is 37.1 Å². The van der Waals surface area contributed by atoms with Crippen molar-refractivity contribution < 1.29 is 9.00 Å². The zero-order valence-corrected chi connectivity index (χ0v) is 13.6. The summed E-state index contributed by atoms with van der Waals surface area (Å²) < 4.78 is 12.1. The molecule has 2 aromatic rings. The van der Waals surface area contributed by atoms with E-state index >= 15 is 0 Å². The summed E-state index contributed by atoms with van der Waals surface area (Å²) in [4.78, 5) is 12.2. The molecule has 0 spiro atoms. The van der Waals surface area contributed by atoms with Gasteiger partial charge in [-0.15, -0.1) is 0 Å². The molecule has 0 heterocycles. The highest BCUT2D eigenvalue weighted by Gasteiger charge is 2.13. The molecule has 2 aromatic carbocycles. The molecule has 0 saturated heterocycles. The van der Waals surface area contributed by atoms with Crippen LogP contribution >= 0.6 is 11.6 Å². The molecule has 110 valence electrons. The summed E-state index contributed by atoms with van der Waals surface area (Å²) in [5.41, 5.74) is 3.63. The minimum atomic E-state index is -1.21. The van der Waals surface area contributed by atoms with Crippen LogP contribution in [-0.4, -0.2) is 15.7 Å². The monoisotopic (exact) mass is 320 g/mol. The molecule has 1 atom stereocenters. The van der Waals surface area contributed by atoms with Gasteiger partial charge in [0.15, 0.2) is 5.78 Å². The summed E-state index contributed by atoms with van der Waals surface area (Å²) in [5.74, 6) is 0.347. The van der Waals surface area contributed by atoms with E-state index in [9.17, 15) is 9.00 Å². The summed E-state index contributed by atoms with van der Waals surface area (Å²) in [6.07, 6.45) is 0. The van der Waals surface area contributed by atoms with Gasteiger partial charge in [0.05, 0.1) is 5.75 Å². The molecule has 0 aromatic heterocycles. The molecule has 0 aliphatic heterocycles. The summed E-state index contributed by atoms with van der Waals surface area (Å²) >= 11 is 5.81. The van der Waals surface area contributed by atoms with Gasteiger partial charge in [-0.2, -0.15) is 0 Å². The quantitative estimate of drug-likeness (QED) is 0.778. The Bertz CT molecular complexity index is 678. The van der Waals surface area contributed by atoms with Crippen LogP contribution in [0.15, 0.2) is 42.5 Å². The maximum Gasteiger partial charge on any atom is 0.175 e. The lowest BCUT2D eigenvalue weighted by atomic mass is 10.0. The van der Waals surface area contributed by atoms with Crippen molar-refractivity contribution in [2.45, 2.75) is 19.6 Å². The number of ketones is 1. The molecule has 0 aliphatic rings. The van der Waals surface area contributed by atoms with Crippen molar-refractivity contribution in [3.63, 3.8) is 0 Å². The smallest absolute Gasteiger partial charge is 0.175 e. The Hall–Kier alpha value is -1.45. The summed E-state index contributed by atoms with van der Waals surface area (Å²) in [5, 5.41) is 0.649. The second kappa shape index (κ2) is 7.01. The Balaban J connectivity index is 2.02. The summed E-state index contributed by atoms with van der Waals surface area (Å²) in [7, 11) is -1.21. The number of carbonyl (C=O) groups is 1. The largest absolute Gasteiger partial charge is 0.293 e. The van der Waals surface area contributed by atoms with E-state index in [1.54, 1.807) is 12.1 Å². The average Bonchev–Trinajstić information content (AvgIpc) is 2.41. The highest BCUT2D eigenvalue weighted by molar-refractivity contribution is 7.85. The van der Waals surface area contributed by atoms with Crippen molar-refractivity contribution in [1.82, 2.24) is 0 Å². The lowest BCUT2D eigenvalue weighted by molar-refractivity contribution is 0.102. The summed E-state index contributed by atoms with van der Waals surface area (Å²) in [6.45, 7) is 3.89. The summed E-state index contributed by atoms with van der Waals surface area (Å²) in [6, 6.07) is 12.9. The van der Waals surface area contributed by atoms with Crippen LogP contribution in [0, 0.1) is 13.8 Å². The van der Waals surface area contributed by atoms with E-state index in [-0.39, 0.29) is 11.5 Å². The van der Waals surface area contributed by atoms with Gasteiger partial charge >= 0.3 is 0 Å². The van der Waals surface area contributed by atoms with Crippen molar-refractivity contribution in [3.05, 3.63) is 69.7 Å². The van der Waals surface area contributed by atoms with E-state index in [0.29, 0.717) is 16.3 Å². The number of hydrogen-bond donors (Lipinski definition) is 0. The number of hydrogen-bond acceptors (Lipinski definition) is 2. The van der Waals surface area contributed by atoms with Crippen molar-refractivity contribution in [2.24, 2.45) is 0 Å². The maximum atomic E-state index is 12.2. The normalized spacial score (nSPS) is 12.1. The first-order valence-electron chi connectivity index (χ1n) is 6.65. The minimum Gasteiger partial charge on any atom is -0.293 e. The van der Waals surface area contributed by atoms with Crippen LogP contribution in [0.4, 0.5) is 0 Å². The van der Waals surface area contributed by atoms with Gasteiger partial charge in [0.25, 0.3) is 0 Å². The highest BCUT2D eigenvalue weighted by atomic mass is 35.5. The predicted molar refractivity (Wildman–Crippen MR) is 88.4 cm³/mol. The van der Waals surface area contributed by atoms with Crippen LogP contribution in [0.5, 0.6) is 0 Å². The Morgan fingerprint density at radius 1 is 1.10 bits per heavy atom. The molecule has 21 heavy (non-hydrogen) atoms. The van der Waals surface area contributed by atoms with Gasteiger partial charge in [0.2, 0.25) is 0 Å². The molecule has 4 heteroatoms. The van der Waals surface area contributed by atoms with Gasteiger partial charge in [0.1, 0.15) is 0 Å². The molecule has 2 rings (SSSR count). The fourth-order valence-electron chi connectivity index (χ4n) is 2.17. The SMILES string of the molecule is Cc1ccc(C(=O)CS(=O)Cc2ccc(Cl)cc2)c(C)c1.